The summed E-state index contributed by atoms with van der Waals surface area (Å²) in [4.78, 5) is 0. The maximum absolute atomic E-state index is 15.3. The molecule has 0 heterocycles. The fourth-order valence-electron chi connectivity index (χ4n) is 2.97. The molecular formula is C16H8Cl2F6. The van der Waals surface area contributed by atoms with Crippen molar-refractivity contribution >= 4 is 23.2 Å². The van der Waals surface area contributed by atoms with Crippen molar-refractivity contribution in [2.24, 2.45) is 0 Å². The molecule has 1 aliphatic rings. The summed E-state index contributed by atoms with van der Waals surface area (Å²) < 4.78 is 86.6. The quantitative estimate of drug-likeness (QED) is 0.532. The van der Waals surface area contributed by atoms with Gasteiger partial charge in [-0.15, -0.1) is 0 Å². The highest BCUT2D eigenvalue weighted by molar-refractivity contribution is 6.31. The minimum atomic E-state index is -5.28. The van der Waals surface area contributed by atoms with Crippen LogP contribution in [0.4, 0.5) is 26.3 Å². The molecule has 0 amide bonds. The standard InChI is InChI=1S/C16H8Cl2F6/c17-11-5-1-3-9(7-11)13(19)14(20,16(23,24)15(13,21)22)10-4-2-6-12(18)8-10/h1-8H/t13-,14+. The summed E-state index contributed by atoms with van der Waals surface area (Å²) in [5.41, 5.74) is -10.6. The first-order valence-electron chi connectivity index (χ1n) is 6.65. The highest BCUT2D eigenvalue weighted by Crippen LogP contribution is 2.76. The van der Waals surface area contributed by atoms with Crippen LogP contribution >= 0.6 is 23.2 Å². The van der Waals surface area contributed by atoms with Crippen molar-refractivity contribution in [3.8, 4) is 0 Å². The van der Waals surface area contributed by atoms with Gasteiger partial charge in [-0.05, 0) is 24.3 Å². The van der Waals surface area contributed by atoms with Gasteiger partial charge in [-0.1, -0.05) is 47.5 Å². The Bertz CT molecular complexity index is 741. The molecule has 24 heavy (non-hydrogen) atoms. The lowest BCUT2D eigenvalue weighted by atomic mass is 9.56. The maximum atomic E-state index is 15.3. The van der Waals surface area contributed by atoms with Gasteiger partial charge in [0.05, 0.1) is 0 Å². The molecule has 0 bridgehead atoms. The Morgan fingerprint density at radius 2 is 0.917 bits per heavy atom. The molecule has 8 heteroatoms. The van der Waals surface area contributed by atoms with Crippen molar-refractivity contribution in [1.82, 2.24) is 0 Å². The number of rotatable bonds is 2. The van der Waals surface area contributed by atoms with Crippen molar-refractivity contribution in [1.29, 1.82) is 0 Å². The number of hydrogen-bond donors (Lipinski definition) is 0. The van der Waals surface area contributed by atoms with E-state index in [-0.39, 0.29) is 10.0 Å². The molecule has 1 fully saturated rings. The topological polar surface area (TPSA) is 0 Å². The zero-order valence-electron chi connectivity index (χ0n) is 11.6. The van der Waals surface area contributed by atoms with Crippen LogP contribution in [0.2, 0.25) is 10.0 Å². The van der Waals surface area contributed by atoms with Crippen LogP contribution < -0.4 is 0 Å². The first-order valence-corrected chi connectivity index (χ1v) is 7.41. The summed E-state index contributed by atoms with van der Waals surface area (Å²) in [6.45, 7) is 0. The predicted octanol–water partition coefficient (Wildman–Crippen LogP) is 6.31. The highest BCUT2D eigenvalue weighted by atomic mass is 35.5. The molecule has 0 nitrogen and oxygen atoms in total. The first kappa shape index (κ1) is 17.4. The van der Waals surface area contributed by atoms with E-state index < -0.39 is 34.3 Å². The van der Waals surface area contributed by atoms with Crippen molar-refractivity contribution in [2.45, 2.75) is 23.2 Å². The van der Waals surface area contributed by atoms with Gasteiger partial charge >= 0.3 is 11.8 Å². The Morgan fingerprint density at radius 3 is 1.21 bits per heavy atom. The summed E-state index contributed by atoms with van der Waals surface area (Å²) in [7, 11) is 0. The Hall–Kier alpha value is -1.40. The van der Waals surface area contributed by atoms with Gasteiger partial charge in [-0.3, -0.25) is 0 Å². The number of alkyl halides is 6. The number of hydrogen-bond acceptors (Lipinski definition) is 0. The van der Waals surface area contributed by atoms with Crippen molar-refractivity contribution in [3.05, 3.63) is 69.7 Å². The highest BCUT2D eigenvalue weighted by Gasteiger charge is 2.98. The fourth-order valence-corrected chi connectivity index (χ4v) is 3.35. The summed E-state index contributed by atoms with van der Waals surface area (Å²) >= 11 is 11.2. The largest absolute Gasteiger partial charge is 0.355 e. The van der Waals surface area contributed by atoms with Gasteiger partial charge in [-0.2, -0.15) is 17.6 Å². The molecule has 0 unspecified atom stereocenters. The molecule has 0 radical (unpaired) electrons. The SMILES string of the molecule is FC1(F)C(F)(F)[C@@](F)(c2cccc(Cl)c2)[C@@]1(F)c1cccc(Cl)c1. The molecular weight excluding hydrogens is 377 g/mol. The molecule has 0 aliphatic heterocycles. The zero-order chi connectivity index (χ0) is 18.0. The van der Waals surface area contributed by atoms with Crippen LogP contribution in [0.5, 0.6) is 0 Å². The Balaban J connectivity index is 2.30. The summed E-state index contributed by atoms with van der Waals surface area (Å²) in [6, 6.07) is 7.56. The van der Waals surface area contributed by atoms with Crippen molar-refractivity contribution in [3.63, 3.8) is 0 Å². The van der Waals surface area contributed by atoms with E-state index in [1.54, 1.807) is 0 Å². The van der Waals surface area contributed by atoms with Gasteiger partial charge in [0.2, 0.25) is 11.3 Å². The van der Waals surface area contributed by atoms with Crippen LogP contribution in [0, 0.1) is 0 Å². The van der Waals surface area contributed by atoms with Crippen LogP contribution in [0.25, 0.3) is 0 Å². The zero-order valence-corrected chi connectivity index (χ0v) is 13.2. The molecule has 0 aromatic heterocycles. The Labute approximate surface area is 143 Å². The van der Waals surface area contributed by atoms with E-state index in [4.69, 9.17) is 23.2 Å². The number of halogens is 8. The molecule has 0 spiro atoms. The third-order valence-corrected chi connectivity index (χ3v) is 4.65. The molecule has 0 saturated heterocycles. The molecule has 1 saturated carbocycles. The normalized spacial score (nSPS) is 30.7. The molecule has 128 valence electrons. The fraction of sp³-hybridized carbons (Fsp3) is 0.250. The van der Waals surface area contributed by atoms with Crippen LogP contribution in [0.3, 0.4) is 0 Å². The lowest BCUT2D eigenvalue weighted by Crippen LogP contribution is -2.82. The summed E-state index contributed by atoms with van der Waals surface area (Å²) in [6.07, 6.45) is 0. The summed E-state index contributed by atoms with van der Waals surface area (Å²) in [5, 5.41) is -0.382. The van der Waals surface area contributed by atoms with Gasteiger partial charge in [-0.25, -0.2) is 8.78 Å². The van der Waals surface area contributed by atoms with E-state index in [0.29, 0.717) is 12.1 Å². The molecule has 2 aromatic carbocycles. The smallest absolute Gasteiger partial charge is 0.227 e. The van der Waals surface area contributed by atoms with Gasteiger partial charge in [0, 0.05) is 21.2 Å². The lowest BCUT2D eigenvalue weighted by molar-refractivity contribution is -0.451. The second-order valence-electron chi connectivity index (χ2n) is 5.49. The van der Waals surface area contributed by atoms with E-state index in [1.807, 2.05) is 0 Å². The second-order valence-corrected chi connectivity index (χ2v) is 6.36. The predicted molar refractivity (Wildman–Crippen MR) is 78.4 cm³/mol. The van der Waals surface area contributed by atoms with Crippen LogP contribution in [-0.4, -0.2) is 11.8 Å². The average molecular weight is 385 g/mol. The Morgan fingerprint density at radius 1 is 0.583 bits per heavy atom. The van der Waals surface area contributed by atoms with E-state index in [1.165, 1.54) is 12.1 Å². The van der Waals surface area contributed by atoms with E-state index in [9.17, 15) is 17.6 Å². The van der Waals surface area contributed by atoms with E-state index in [0.717, 1.165) is 24.3 Å². The minimum Gasteiger partial charge on any atom is -0.227 e. The average Bonchev–Trinajstić information content (AvgIpc) is 2.52. The lowest BCUT2D eigenvalue weighted by Gasteiger charge is -2.58. The maximum Gasteiger partial charge on any atom is 0.355 e. The van der Waals surface area contributed by atoms with Crippen LogP contribution in [0.15, 0.2) is 48.5 Å². The van der Waals surface area contributed by atoms with Crippen LogP contribution in [0.1, 0.15) is 11.1 Å². The molecule has 2 aromatic rings. The van der Waals surface area contributed by atoms with E-state index in [2.05, 4.69) is 0 Å². The van der Waals surface area contributed by atoms with Crippen molar-refractivity contribution in [2.75, 3.05) is 0 Å². The van der Waals surface area contributed by atoms with Crippen LogP contribution in [-0.2, 0) is 11.3 Å². The Kier molecular flexibility index (Phi) is 3.67. The monoisotopic (exact) mass is 384 g/mol. The van der Waals surface area contributed by atoms with E-state index >= 15 is 8.78 Å². The molecule has 2 atom stereocenters. The summed E-state index contributed by atoms with van der Waals surface area (Å²) in [5.74, 6) is -10.6. The van der Waals surface area contributed by atoms with Gasteiger partial charge in [0.25, 0.3) is 0 Å². The third kappa shape index (κ3) is 1.78. The third-order valence-electron chi connectivity index (χ3n) is 4.18. The molecule has 3 rings (SSSR count). The van der Waals surface area contributed by atoms with Gasteiger partial charge < -0.3 is 0 Å². The minimum absolute atomic E-state index is 0.191. The van der Waals surface area contributed by atoms with Gasteiger partial charge in [0.15, 0.2) is 0 Å². The van der Waals surface area contributed by atoms with Gasteiger partial charge in [0.1, 0.15) is 0 Å². The molecule has 0 N–H and O–H groups in total. The molecule has 1 aliphatic carbocycles. The number of benzene rings is 2. The van der Waals surface area contributed by atoms with Crippen molar-refractivity contribution < 1.29 is 26.3 Å². The first-order chi connectivity index (χ1) is 11.0. The second kappa shape index (κ2) is 5.05.